The van der Waals surface area contributed by atoms with Gasteiger partial charge in [0.25, 0.3) is 0 Å². The van der Waals surface area contributed by atoms with Crippen molar-refractivity contribution in [1.29, 1.82) is 0 Å². The standard InChI is InChI=1S/C49H41NO4.C7H8.C2H6/c1-28-13-9-10-16-37(28)41-27-35(20-19-29(41)2)33-21-23-36(24-22-33)50(42-26-25-38(34-14-7-6-8-15-34)39-17-11-12-18-40(39)42)45-30(3)31(4)46(51)43-32(5)47(52)49(54)48(53)44(43)45;1-7-5-3-2-4-6-7;1-2/h6-27,51-54H,1-5H3;2-6H,1H3;1-2H3. The van der Waals surface area contributed by atoms with Gasteiger partial charge in [-0.05, 0) is 127 Å². The van der Waals surface area contributed by atoms with Crippen LogP contribution in [0.2, 0.25) is 0 Å². The molecule has 9 rings (SSSR count). The van der Waals surface area contributed by atoms with Gasteiger partial charge in [-0.15, -0.1) is 0 Å². The maximum Gasteiger partial charge on any atom is 0.201 e. The van der Waals surface area contributed by atoms with Crippen LogP contribution in [0.5, 0.6) is 23.0 Å². The van der Waals surface area contributed by atoms with Crippen molar-refractivity contribution < 1.29 is 20.4 Å². The number of aromatic hydroxyl groups is 4. The summed E-state index contributed by atoms with van der Waals surface area (Å²) in [6.07, 6.45) is 0. The zero-order valence-corrected chi connectivity index (χ0v) is 37.3. The number of hydrogen-bond donors (Lipinski definition) is 4. The molecule has 0 saturated carbocycles. The van der Waals surface area contributed by atoms with Gasteiger partial charge in [-0.25, -0.2) is 0 Å². The Hall–Kier alpha value is -7.50. The zero-order chi connectivity index (χ0) is 44.9. The molecule has 0 amide bonds. The molecule has 316 valence electrons. The third-order valence-electron chi connectivity index (χ3n) is 11.9. The van der Waals surface area contributed by atoms with Gasteiger partial charge in [-0.3, -0.25) is 0 Å². The van der Waals surface area contributed by atoms with Crippen molar-refractivity contribution in [1.82, 2.24) is 0 Å². The molecule has 0 fully saturated rings. The van der Waals surface area contributed by atoms with E-state index >= 15 is 0 Å². The predicted octanol–water partition coefficient (Wildman–Crippen LogP) is 15.8. The minimum Gasteiger partial charge on any atom is -0.507 e. The first-order valence-electron chi connectivity index (χ1n) is 21.5. The van der Waals surface area contributed by atoms with Gasteiger partial charge in [0.05, 0.1) is 16.8 Å². The summed E-state index contributed by atoms with van der Waals surface area (Å²) in [5.41, 5.74) is 14.3. The summed E-state index contributed by atoms with van der Waals surface area (Å²) in [4.78, 5) is 2.09. The first-order valence-corrected chi connectivity index (χ1v) is 21.5. The molecule has 63 heavy (non-hydrogen) atoms. The van der Waals surface area contributed by atoms with E-state index in [0.29, 0.717) is 16.8 Å². The number of hydrogen-bond acceptors (Lipinski definition) is 5. The number of phenols is 4. The molecule has 0 atom stereocenters. The van der Waals surface area contributed by atoms with Gasteiger partial charge < -0.3 is 25.3 Å². The average molecular weight is 830 g/mol. The molecule has 0 bridgehead atoms. The molecule has 9 aromatic carbocycles. The van der Waals surface area contributed by atoms with Gasteiger partial charge in [0.2, 0.25) is 5.75 Å². The molecule has 0 aliphatic heterocycles. The Bertz CT molecular complexity index is 3060. The summed E-state index contributed by atoms with van der Waals surface area (Å²) < 4.78 is 0. The quantitative estimate of drug-likeness (QED) is 0.125. The van der Waals surface area contributed by atoms with Crippen LogP contribution in [0.25, 0.3) is 54.9 Å². The highest BCUT2D eigenvalue weighted by Crippen LogP contribution is 2.55. The molecule has 0 spiro atoms. The third kappa shape index (κ3) is 8.30. The minimum absolute atomic E-state index is 0.0576. The Morgan fingerprint density at radius 2 is 0.937 bits per heavy atom. The average Bonchev–Trinajstić information content (AvgIpc) is 3.32. The lowest BCUT2D eigenvalue weighted by molar-refractivity contribution is 0.369. The normalized spacial score (nSPS) is 10.8. The second-order valence-electron chi connectivity index (χ2n) is 15.8. The van der Waals surface area contributed by atoms with Crippen molar-refractivity contribution in [2.24, 2.45) is 0 Å². The van der Waals surface area contributed by atoms with Gasteiger partial charge in [0.1, 0.15) is 5.75 Å². The van der Waals surface area contributed by atoms with E-state index in [4.69, 9.17) is 0 Å². The topological polar surface area (TPSA) is 84.2 Å². The predicted molar refractivity (Wildman–Crippen MR) is 265 cm³/mol. The lowest BCUT2D eigenvalue weighted by atomic mass is 9.91. The first-order chi connectivity index (χ1) is 30.5. The number of nitrogens with zero attached hydrogens (tertiary/aromatic N) is 1. The molecule has 0 aliphatic carbocycles. The van der Waals surface area contributed by atoms with Gasteiger partial charge in [0, 0.05) is 22.0 Å². The van der Waals surface area contributed by atoms with Crippen LogP contribution in [-0.4, -0.2) is 20.4 Å². The van der Waals surface area contributed by atoms with E-state index < -0.39 is 17.2 Å². The number of rotatable bonds is 6. The van der Waals surface area contributed by atoms with Crippen LogP contribution in [0.3, 0.4) is 0 Å². The van der Waals surface area contributed by atoms with E-state index in [2.05, 4.69) is 141 Å². The summed E-state index contributed by atoms with van der Waals surface area (Å²) >= 11 is 0. The Morgan fingerprint density at radius 1 is 0.365 bits per heavy atom. The van der Waals surface area contributed by atoms with Crippen molar-refractivity contribution in [3.05, 3.63) is 197 Å². The molecule has 0 heterocycles. The van der Waals surface area contributed by atoms with Crippen LogP contribution < -0.4 is 4.90 Å². The number of aryl methyl sites for hydroxylation is 4. The Morgan fingerprint density at radius 3 is 1.57 bits per heavy atom. The largest absolute Gasteiger partial charge is 0.507 e. The highest BCUT2D eigenvalue weighted by Gasteiger charge is 2.29. The van der Waals surface area contributed by atoms with E-state index in [9.17, 15) is 20.4 Å². The van der Waals surface area contributed by atoms with Crippen LogP contribution in [0.15, 0.2) is 164 Å². The molecular formula is C58H55NO4. The minimum atomic E-state index is -0.632. The number of fused-ring (bicyclic) bond motifs is 2. The van der Waals surface area contributed by atoms with Crippen LogP contribution in [0.1, 0.15) is 47.2 Å². The summed E-state index contributed by atoms with van der Waals surface area (Å²) in [7, 11) is 0. The molecule has 5 heteroatoms. The van der Waals surface area contributed by atoms with Crippen molar-refractivity contribution in [2.45, 2.75) is 55.4 Å². The van der Waals surface area contributed by atoms with Crippen molar-refractivity contribution in [2.75, 3.05) is 4.90 Å². The summed E-state index contributed by atoms with van der Waals surface area (Å²) in [6, 6.07) is 56.4. The second kappa shape index (κ2) is 18.6. The summed E-state index contributed by atoms with van der Waals surface area (Å²) in [5.74, 6) is -1.66. The molecule has 0 radical (unpaired) electrons. The maximum atomic E-state index is 11.6. The fourth-order valence-electron chi connectivity index (χ4n) is 8.41. The van der Waals surface area contributed by atoms with Crippen molar-refractivity contribution in [3.63, 3.8) is 0 Å². The fraction of sp³-hybridized carbons (Fsp3) is 0.138. The monoisotopic (exact) mass is 829 g/mol. The van der Waals surface area contributed by atoms with E-state index in [1.165, 1.54) is 27.8 Å². The number of phenolic OH excluding ortho intramolecular Hbond substituents is 4. The smallest absolute Gasteiger partial charge is 0.201 e. The van der Waals surface area contributed by atoms with Gasteiger partial charge in [-0.1, -0.05) is 159 Å². The van der Waals surface area contributed by atoms with E-state index in [1.54, 1.807) is 6.92 Å². The summed E-state index contributed by atoms with van der Waals surface area (Å²) in [6.45, 7) is 15.7. The molecule has 5 nitrogen and oxygen atoms in total. The van der Waals surface area contributed by atoms with Crippen molar-refractivity contribution >= 4 is 38.6 Å². The van der Waals surface area contributed by atoms with Crippen LogP contribution in [0.4, 0.5) is 17.1 Å². The lowest BCUT2D eigenvalue weighted by Gasteiger charge is -2.32. The summed E-state index contributed by atoms with van der Waals surface area (Å²) in [5, 5.41) is 47.6. The van der Waals surface area contributed by atoms with Gasteiger partial charge >= 0.3 is 0 Å². The Labute approximate surface area is 371 Å². The third-order valence-corrected chi connectivity index (χ3v) is 11.9. The maximum absolute atomic E-state index is 11.6. The van der Waals surface area contributed by atoms with Gasteiger partial charge in [0.15, 0.2) is 11.5 Å². The molecule has 9 aromatic rings. The molecular weight excluding hydrogens is 775 g/mol. The molecule has 0 aliphatic rings. The van der Waals surface area contributed by atoms with E-state index in [0.717, 1.165) is 44.4 Å². The molecule has 0 aromatic heterocycles. The van der Waals surface area contributed by atoms with Crippen LogP contribution in [-0.2, 0) is 0 Å². The fourth-order valence-corrected chi connectivity index (χ4v) is 8.41. The molecule has 0 saturated heterocycles. The number of anilines is 3. The first kappa shape index (κ1) is 43.6. The zero-order valence-electron chi connectivity index (χ0n) is 37.3. The molecule has 4 N–H and O–H groups in total. The van der Waals surface area contributed by atoms with Crippen molar-refractivity contribution in [3.8, 4) is 56.4 Å². The SMILES string of the molecule is CC.Cc1ccccc1.Cc1ccccc1-c1cc(-c2ccc(N(c3ccc(-c4ccccc4)c4ccccc34)c3c(C)c(C)c(O)c4c(C)c(O)c(O)c(O)c34)cc2)ccc1C. The van der Waals surface area contributed by atoms with E-state index in [1.807, 2.05) is 76.2 Å². The van der Waals surface area contributed by atoms with Crippen LogP contribution in [0, 0.1) is 41.5 Å². The molecule has 0 unspecified atom stereocenters. The van der Waals surface area contributed by atoms with Gasteiger partial charge in [-0.2, -0.15) is 0 Å². The number of benzene rings is 9. The van der Waals surface area contributed by atoms with Crippen LogP contribution >= 0.6 is 0 Å². The highest BCUT2D eigenvalue weighted by molar-refractivity contribution is 6.14. The second-order valence-corrected chi connectivity index (χ2v) is 15.8. The Balaban J connectivity index is 0.000000597. The van der Waals surface area contributed by atoms with E-state index in [-0.39, 0.29) is 22.1 Å². The lowest BCUT2D eigenvalue weighted by Crippen LogP contribution is -2.14. The Kier molecular flexibility index (Phi) is 12.9. The highest BCUT2D eigenvalue weighted by atomic mass is 16.3.